The second-order valence-electron chi connectivity index (χ2n) is 4.53. The molecule has 0 fully saturated rings. The Morgan fingerprint density at radius 1 is 1.05 bits per heavy atom. The first kappa shape index (κ1) is 13.6. The van der Waals surface area contributed by atoms with Crippen molar-refractivity contribution in [3.8, 4) is 5.75 Å². The third-order valence-corrected chi connectivity index (χ3v) is 3.10. The van der Waals surface area contributed by atoms with Crippen LogP contribution >= 0.6 is 0 Å². The summed E-state index contributed by atoms with van der Waals surface area (Å²) in [6.07, 6.45) is 0.805. The van der Waals surface area contributed by atoms with Gasteiger partial charge in [0.15, 0.2) is 0 Å². The Morgan fingerprint density at radius 2 is 1.68 bits per heavy atom. The minimum absolute atomic E-state index is 0.148. The Hall–Kier alpha value is -1.87. The van der Waals surface area contributed by atoms with E-state index in [1.807, 2.05) is 31.2 Å². The van der Waals surface area contributed by atoms with Gasteiger partial charge in [-0.1, -0.05) is 31.2 Å². The SMILES string of the molecule is CCNC(Cc1ccc(O)cc1)c1ccc(F)cc1. The molecule has 2 nitrogen and oxygen atoms in total. The molecule has 0 amide bonds. The second-order valence-corrected chi connectivity index (χ2v) is 4.53. The van der Waals surface area contributed by atoms with E-state index in [1.165, 1.54) is 12.1 Å². The van der Waals surface area contributed by atoms with Gasteiger partial charge in [0.25, 0.3) is 0 Å². The largest absolute Gasteiger partial charge is 0.508 e. The first-order valence-electron chi connectivity index (χ1n) is 6.46. The topological polar surface area (TPSA) is 32.3 Å². The summed E-state index contributed by atoms with van der Waals surface area (Å²) in [5, 5.41) is 12.7. The zero-order chi connectivity index (χ0) is 13.7. The third kappa shape index (κ3) is 3.80. The van der Waals surface area contributed by atoms with Crippen LogP contribution in [0.1, 0.15) is 24.1 Å². The van der Waals surface area contributed by atoms with Gasteiger partial charge >= 0.3 is 0 Å². The zero-order valence-corrected chi connectivity index (χ0v) is 10.9. The molecule has 0 aromatic heterocycles. The second kappa shape index (κ2) is 6.34. The number of phenolic OH excluding ortho intramolecular Hbond substituents is 1. The summed E-state index contributed by atoms with van der Waals surface area (Å²) >= 11 is 0. The average Bonchev–Trinajstić information content (AvgIpc) is 2.42. The lowest BCUT2D eigenvalue weighted by Gasteiger charge is -2.18. The molecule has 0 saturated heterocycles. The molecule has 0 spiro atoms. The van der Waals surface area contributed by atoms with E-state index in [0.29, 0.717) is 0 Å². The van der Waals surface area contributed by atoms with Crippen LogP contribution in [-0.4, -0.2) is 11.7 Å². The Morgan fingerprint density at radius 3 is 2.26 bits per heavy atom. The van der Waals surface area contributed by atoms with E-state index >= 15 is 0 Å². The summed E-state index contributed by atoms with van der Waals surface area (Å²) in [6.45, 7) is 2.90. The van der Waals surface area contributed by atoms with E-state index in [-0.39, 0.29) is 17.6 Å². The van der Waals surface area contributed by atoms with Crippen LogP contribution in [0.4, 0.5) is 4.39 Å². The molecule has 0 aliphatic carbocycles. The summed E-state index contributed by atoms with van der Waals surface area (Å²) < 4.78 is 13.0. The first-order valence-corrected chi connectivity index (χ1v) is 6.46. The van der Waals surface area contributed by atoms with Crippen LogP contribution in [0.3, 0.4) is 0 Å². The molecule has 0 saturated carbocycles. The van der Waals surface area contributed by atoms with Crippen molar-refractivity contribution in [3.05, 3.63) is 65.5 Å². The normalized spacial score (nSPS) is 12.3. The summed E-state index contributed by atoms with van der Waals surface area (Å²) in [7, 11) is 0. The number of nitrogens with one attached hydrogen (secondary N) is 1. The van der Waals surface area contributed by atoms with Gasteiger partial charge in [0, 0.05) is 6.04 Å². The van der Waals surface area contributed by atoms with Gasteiger partial charge in [-0.2, -0.15) is 0 Å². The maximum absolute atomic E-state index is 13.0. The van der Waals surface area contributed by atoms with Crippen molar-refractivity contribution in [2.24, 2.45) is 0 Å². The van der Waals surface area contributed by atoms with Crippen molar-refractivity contribution in [2.75, 3.05) is 6.54 Å². The van der Waals surface area contributed by atoms with Gasteiger partial charge in [-0.3, -0.25) is 0 Å². The monoisotopic (exact) mass is 259 g/mol. The van der Waals surface area contributed by atoms with Crippen molar-refractivity contribution in [3.63, 3.8) is 0 Å². The molecule has 0 radical (unpaired) electrons. The minimum atomic E-state index is -0.219. The predicted molar refractivity (Wildman–Crippen MR) is 74.6 cm³/mol. The molecular weight excluding hydrogens is 241 g/mol. The van der Waals surface area contributed by atoms with E-state index in [0.717, 1.165) is 24.1 Å². The zero-order valence-electron chi connectivity index (χ0n) is 10.9. The van der Waals surface area contributed by atoms with Crippen LogP contribution in [0, 0.1) is 5.82 Å². The van der Waals surface area contributed by atoms with Crippen molar-refractivity contribution in [2.45, 2.75) is 19.4 Å². The van der Waals surface area contributed by atoms with E-state index < -0.39 is 0 Å². The summed E-state index contributed by atoms with van der Waals surface area (Å²) in [5.74, 6) is 0.0502. The summed E-state index contributed by atoms with van der Waals surface area (Å²) in [6, 6.07) is 13.9. The molecule has 0 aliphatic heterocycles. The smallest absolute Gasteiger partial charge is 0.123 e. The van der Waals surface area contributed by atoms with Crippen molar-refractivity contribution in [1.82, 2.24) is 5.32 Å². The standard InChI is InChI=1S/C16H18FNO/c1-2-18-16(13-5-7-14(17)8-6-13)11-12-3-9-15(19)10-4-12/h3-10,16,18-19H,2,11H2,1H3. The molecule has 3 heteroatoms. The molecule has 0 heterocycles. The molecule has 0 aliphatic rings. The number of halogens is 1. The Labute approximate surface area is 112 Å². The molecular formula is C16H18FNO. The molecule has 2 aromatic rings. The highest BCUT2D eigenvalue weighted by Gasteiger charge is 2.11. The Bertz CT molecular complexity index is 507. The van der Waals surface area contributed by atoms with Crippen LogP contribution in [-0.2, 0) is 6.42 Å². The van der Waals surface area contributed by atoms with Crippen molar-refractivity contribution >= 4 is 0 Å². The van der Waals surface area contributed by atoms with Crippen molar-refractivity contribution in [1.29, 1.82) is 0 Å². The lowest BCUT2D eigenvalue weighted by molar-refractivity contribution is 0.474. The van der Waals surface area contributed by atoms with Gasteiger partial charge in [0.2, 0.25) is 0 Å². The molecule has 1 atom stereocenters. The quantitative estimate of drug-likeness (QED) is 0.862. The van der Waals surface area contributed by atoms with Gasteiger partial charge in [-0.15, -0.1) is 0 Å². The lowest BCUT2D eigenvalue weighted by Crippen LogP contribution is -2.22. The number of likely N-dealkylation sites (N-methyl/N-ethyl adjacent to an activating group) is 1. The van der Waals surface area contributed by atoms with Gasteiger partial charge in [-0.05, 0) is 48.4 Å². The van der Waals surface area contributed by atoms with E-state index in [9.17, 15) is 9.50 Å². The molecule has 19 heavy (non-hydrogen) atoms. The minimum Gasteiger partial charge on any atom is -0.508 e. The van der Waals surface area contributed by atoms with Crippen molar-refractivity contribution < 1.29 is 9.50 Å². The molecule has 2 aromatic carbocycles. The maximum Gasteiger partial charge on any atom is 0.123 e. The molecule has 100 valence electrons. The number of phenols is 1. The molecule has 2 rings (SSSR count). The highest BCUT2D eigenvalue weighted by molar-refractivity contribution is 5.28. The molecule has 0 bridgehead atoms. The highest BCUT2D eigenvalue weighted by atomic mass is 19.1. The molecule has 2 N–H and O–H groups in total. The van der Waals surface area contributed by atoms with Gasteiger partial charge < -0.3 is 10.4 Å². The predicted octanol–water partition coefficient (Wildman–Crippen LogP) is 3.42. The molecule has 1 unspecified atom stereocenters. The summed E-state index contributed by atoms with van der Waals surface area (Å²) in [5.41, 5.74) is 2.20. The Balaban J connectivity index is 2.15. The van der Waals surface area contributed by atoms with Crippen LogP contribution in [0.5, 0.6) is 5.75 Å². The van der Waals surface area contributed by atoms with Crippen LogP contribution in [0.15, 0.2) is 48.5 Å². The Kier molecular flexibility index (Phi) is 4.53. The van der Waals surface area contributed by atoms with Gasteiger partial charge in [-0.25, -0.2) is 4.39 Å². The van der Waals surface area contributed by atoms with Gasteiger partial charge in [0.05, 0.1) is 0 Å². The first-order chi connectivity index (χ1) is 9.19. The average molecular weight is 259 g/mol. The van der Waals surface area contributed by atoms with E-state index in [2.05, 4.69) is 5.32 Å². The maximum atomic E-state index is 13.0. The number of aromatic hydroxyl groups is 1. The fourth-order valence-electron chi connectivity index (χ4n) is 2.12. The number of benzene rings is 2. The number of hydrogen-bond donors (Lipinski definition) is 2. The van der Waals surface area contributed by atoms with Crippen LogP contribution < -0.4 is 5.32 Å². The van der Waals surface area contributed by atoms with Crippen LogP contribution in [0.25, 0.3) is 0 Å². The third-order valence-electron chi connectivity index (χ3n) is 3.10. The number of hydrogen-bond acceptors (Lipinski definition) is 2. The van der Waals surface area contributed by atoms with E-state index in [1.54, 1.807) is 12.1 Å². The van der Waals surface area contributed by atoms with Crippen LogP contribution in [0.2, 0.25) is 0 Å². The van der Waals surface area contributed by atoms with Gasteiger partial charge in [0.1, 0.15) is 11.6 Å². The highest BCUT2D eigenvalue weighted by Crippen LogP contribution is 2.20. The van der Waals surface area contributed by atoms with E-state index in [4.69, 9.17) is 0 Å². The number of rotatable bonds is 5. The lowest BCUT2D eigenvalue weighted by atomic mass is 9.98. The fourth-order valence-corrected chi connectivity index (χ4v) is 2.12. The summed E-state index contributed by atoms with van der Waals surface area (Å²) in [4.78, 5) is 0. The fraction of sp³-hybridized carbons (Fsp3) is 0.250.